The van der Waals surface area contributed by atoms with Gasteiger partial charge in [0.15, 0.2) is 0 Å². The van der Waals surface area contributed by atoms with E-state index in [1.807, 2.05) is 0 Å². The lowest BCUT2D eigenvalue weighted by Gasteiger charge is -2.24. The highest BCUT2D eigenvalue weighted by atomic mass is 16.5. The summed E-state index contributed by atoms with van der Waals surface area (Å²) in [5.74, 6) is 0.180. The van der Waals surface area contributed by atoms with Gasteiger partial charge in [-0.3, -0.25) is 0 Å². The summed E-state index contributed by atoms with van der Waals surface area (Å²) in [6.07, 6.45) is 0. The molecular formula is C14H16NO4+. The second-order valence-electron chi connectivity index (χ2n) is 4.81. The van der Waals surface area contributed by atoms with Crippen molar-refractivity contribution in [3.05, 3.63) is 40.2 Å². The van der Waals surface area contributed by atoms with Gasteiger partial charge in [-0.05, 0) is 18.2 Å². The molecule has 0 amide bonds. The number of benzene rings is 1. The van der Waals surface area contributed by atoms with Crippen LogP contribution < -0.4 is 10.5 Å². The lowest BCUT2D eigenvalue weighted by Crippen LogP contribution is -3.12. The smallest absolute Gasteiger partial charge is 0.336 e. The van der Waals surface area contributed by atoms with Crippen molar-refractivity contribution in [1.29, 1.82) is 0 Å². The SMILES string of the molecule is O=c1cc(C[NH+]2CCOCC2)c2cc(O)ccc2o1. The van der Waals surface area contributed by atoms with Gasteiger partial charge in [0, 0.05) is 17.0 Å². The normalized spacial score (nSPS) is 16.8. The van der Waals surface area contributed by atoms with Gasteiger partial charge in [0.05, 0.1) is 13.2 Å². The van der Waals surface area contributed by atoms with Crippen LogP contribution in [0.5, 0.6) is 5.75 Å². The van der Waals surface area contributed by atoms with Gasteiger partial charge in [-0.15, -0.1) is 0 Å². The molecule has 0 bridgehead atoms. The molecule has 0 unspecified atom stereocenters. The van der Waals surface area contributed by atoms with E-state index < -0.39 is 0 Å². The molecule has 5 nitrogen and oxygen atoms in total. The molecule has 0 atom stereocenters. The van der Waals surface area contributed by atoms with Crippen LogP contribution in [0.2, 0.25) is 0 Å². The Hall–Kier alpha value is -1.85. The molecule has 1 aliphatic heterocycles. The number of nitrogens with one attached hydrogen (secondary N) is 1. The van der Waals surface area contributed by atoms with Crippen molar-refractivity contribution in [3.63, 3.8) is 0 Å². The minimum Gasteiger partial charge on any atom is -0.508 e. The Balaban J connectivity index is 2.00. The predicted molar refractivity (Wildman–Crippen MR) is 69.4 cm³/mol. The molecular weight excluding hydrogens is 246 g/mol. The van der Waals surface area contributed by atoms with Gasteiger partial charge in [0.2, 0.25) is 0 Å². The highest BCUT2D eigenvalue weighted by Gasteiger charge is 2.17. The van der Waals surface area contributed by atoms with E-state index in [4.69, 9.17) is 9.15 Å². The van der Waals surface area contributed by atoms with Crippen LogP contribution in [0.1, 0.15) is 5.56 Å². The number of ether oxygens (including phenoxy) is 1. The molecule has 2 N–H and O–H groups in total. The fraction of sp³-hybridized carbons (Fsp3) is 0.357. The second kappa shape index (κ2) is 5.03. The molecule has 1 aromatic carbocycles. The first kappa shape index (κ1) is 12.2. The number of quaternary nitrogens is 1. The van der Waals surface area contributed by atoms with Crippen LogP contribution in [0, 0.1) is 0 Å². The first-order valence-corrected chi connectivity index (χ1v) is 6.39. The number of rotatable bonds is 2. The molecule has 1 saturated heterocycles. The van der Waals surface area contributed by atoms with Crippen LogP contribution in [0.4, 0.5) is 0 Å². The lowest BCUT2D eigenvalue weighted by molar-refractivity contribution is -0.921. The molecule has 0 radical (unpaired) electrons. The maximum atomic E-state index is 11.6. The average Bonchev–Trinajstić information content (AvgIpc) is 2.41. The molecule has 1 aromatic heterocycles. The van der Waals surface area contributed by atoms with Gasteiger partial charge < -0.3 is 19.2 Å². The summed E-state index contributed by atoms with van der Waals surface area (Å²) in [5, 5.41) is 10.4. The van der Waals surface area contributed by atoms with E-state index in [1.165, 1.54) is 17.0 Å². The van der Waals surface area contributed by atoms with E-state index in [9.17, 15) is 9.90 Å². The number of hydrogen-bond donors (Lipinski definition) is 2. The van der Waals surface area contributed by atoms with E-state index >= 15 is 0 Å². The van der Waals surface area contributed by atoms with Crippen LogP contribution in [0.3, 0.4) is 0 Å². The van der Waals surface area contributed by atoms with Crippen LogP contribution in [0.15, 0.2) is 33.5 Å². The molecule has 1 aliphatic rings. The minimum absolute atomic E-state index is 0.180. The van der Waals surface area contributed by atoms with Crippen LogP contribution in [0.25, 0.3) is 11.0 Å². The van der Waals surface area contributed by atoms with E-state index in [-0.39, 0.29) is 11.4 Å². The maximum Gasteiger partial charge on any atom is 0.336 e. The Morgan fingerprint density at radius 1 is 1.21 bits per heavy atom. The maximum absolute atomic E-state index is 11.6. The molecule has 19 heavy (non-hydrogen) atoms. The molecule has 100 valence electrons. The first-order valence-electron chi connectivity index (χ1n) is 6.39. The predicted octanol–water partition coefficient (Wildman–Crippen LogP) is -0.0863. The van der Waals surface area contributed by atoms with Crippen LogP contribution in [-0.4, -0.2) is 31.4 Å². The number of hydrogen-bond acceptors (Lipinski definition) is 4. The Kier molecular flexibility index (Phi) is 3.23. The zero-order valence-electron chi connectivity index (χ0n) is 10.5. The average molecular weight is 262 g/mol. The second-order valence-corrected chi connectivity index (χ2v) is 4.81. The molecule has 0 spiro atoms. The molecule has 2 aromatic rings. The Morgan fingerprint density at radius 2 is 2.00 bits per heavy atom. The van der Waals surface area contributed by atoms with Gasteiger partial charge in [-0.25, -0.2) is 4.79 Å². The topological polar surface area (TPSA) is 64.1 Å². The summed E-state index contributed by atoms with van der Waals surface area (Å²) in [6, 6.07) is 6.32. The summed E-state index contributed by atoms with van der Waals surface area (Å²) in [5.41, 5.74) is 1.09. The Labute approximate surface area is 110 Å². The Morgan fingerprint density at radius 3 is 2.79 bits per heavy atom. The van der Waals surface area contributed by atoms with Gasteiger partial charge in [-0.1, -0.05) is 0 Å². The number of aromatic hydroxyl groups is 1. The number of phenolic OH excluding ortho intramolecular Hbond substituents is 1. The monoisotopic (exact) mass is 262 g/mol. The van der Waals surface area contributed by atoms with Gasteiger partial charge >= 0.3 is 5.63 Å². The van der Waals surface area contributed by atoms with Gasteiger partial charge in [0.25, 0.3) is 0 Å². The van der Waals surface area contributed by atoms with E-state index in [0.717, 1.165) is 43.8 Å². The van der Waals surface area contributed by atoms with Crippen molar-refractivity contribution >= 4 is 11.0 Å². The molecule has 0 saturated carbocycles. The summed E-state index contributed by atoms with van der Waals surface area (Å²) in [7, 11) is 0. The van der Waals surface area contributed by atoms with Gasteiger partial charge in [0.1, 0.15) is 31.0 Å². The largest absolute Gasteiger partial charge is 0.508 e. The van der Waals surface area contributed by atoms with E-state index in [0.29, 0.717) is 5.58 Å². The van der Waals surface area contributed by atoms with Crippen molar-refractivity contribution < 1.29 is 19.2 Å². The Bertz CT molecular complexity index is 643. The number of fused-ring (bicyclic) bond motifs is 1. The fourth-order valence-corrected chi connectivity index (χ4v) is 2.47. The third-order valence-corrected chi connectivity index (χ3v) is 3.45. The van der Waals surface area contributed by atoms with Crippen molar-refractivity contribution in [2.45, 2.75) is 6.54 Å². The summed E-state index contributed by atoms with van der Waals surface area (Å²) in [6.45, 7) is 4.11. The highest BCUT2D eigenvalue weighted by molar-refractivity contribution is 5.81. The zero-order valence-corrected chi connectivity index (χ0v) is 10.5. The number of phenols is 1. The quantitative estimate of drug-likeness (QED) is 0.743. The summed E-state index contributed by atoms with van der Waals surface area (Å²) in [4.78, 5) is 12.9. The van der Waals surface area contributed by atoms with Crippen molar-refractivity contribution in [2.24, 2.45) is 0 Å². The molecule has 1 fully saturated rings. The van der Waals surface area contributed by atoms with Crippen molar-refractivity contribution in [1.82, 2.24) is 0 Å². The summed E-state index contributed by atoms with van der Waals surface area (Å²) >= 11 is 0. The molecule has 5 heteroatoms. The zero-order chi connectivity index (χ0) is 13.2. The third-order valence-electron chi connectivity index (χ3n) is 3.45. The first-order chi connectivity index (χ1) is 9.22. The van der Waals surface area contributed by atoms with Crippen LogP contribution in [-0.2, 0) is 11.3 Å². The van der Waals surface area contributed by atoms with Gasteiger partial charge in [-0.2, -0.15) is 0 Å². The molecule has 3 rings (SSSR count). The van der Waals surface area contributed by atoms with E-state index in [2.05, 4.69) is 0 Å². The standard InChI is InChI=1S/C14H15NO4/c16-11-1-2-13-12(8-11)10(7-14(17)19-13)9-15-3-5-18-6-4-15/h1-2,7-8,16H,3-6,9H2/p+1. The fourth-order valence-electron chi connectivity index (χ4n) is 2.47. The summed E-state index contributed by atoms with van der Waals surface area (Å²) < 4.78 is 10.5. The van der Waals surface area contributed by atoms with Crippen LogP contribution >= 0.6 is 0 Å². The minimum atomic E-state index is -0.346. The lowest BCUT2D eigenvalue weighted by atomic mass is 10.1. The molecule has 2 heterocycles. The molecule has 0 aliphatic carbocycles. The van der Waals surface area contributed by atoms with Crippen molar-refractivity contribution in [3.8, 4) is 5.75 Å². The van der Waals surface area contributed by atoms with E-state index in [1.54, 1.807) is 12.1 Å². The number of morpholine rings is 1. The highest BCUT2D eigenvalue weighted by Crippen LogP contribution is 2.21. The van der Waals surface area contributed by atoms with Crippen molar-refractivity contribution in [2.75, 3.05) is 26.3 Å². The third kappa shape index (κ3) is 2.62.